The number of fused-ring (bicyclic) bond motifs is 1. The summed E-state index contributed by atoms with van der Waals surface area (Å²) in [5.41, 5.74) is 1.60. The summed E-state index contributed by atoms with van der Waals surface area (Å²) in [6.45, 7) is 11.0. The summed E-state index contributed by atoms with van der Waals surface area (Å²) < 4.78 is 5.83. The maximum Gasteiger partial charge on any atom is 0.122 e. The van der Waals surface area contributed by atoms with Crippen LogP contribution in [-0.2, 0) is 0 Å². The first-order valence-corrected chi connectivity index (χ1v) is 6.99. The van der Waals surface area contributed by atoms with Gasteiger partial charge < -0.3 is 10.1 Å². The average molecular weight is 247 g/mol. The molecule has 0 bridgehead atoms. The molecule has 0 fully saturated rings. The van der Waals surface area contributed by atoms with Gasteiger partial charge in [0.1, 0.15) is 5.75 Å². The second-order valence-electron chi connectivity index (χ2n) is 6.25. The van der Waals surface area contributed by atoms with Crippen molar-refractivity contribution >= 4 is 0 Å². The van der Waals surface area contributed by atoms with Crippen LogP contribution in [0.15, 0.2) is 24.3 Å². The number of nitrogens with one attached hydrogen (secondary N) is 1. The molecule has 2 heteroatoms. The lowest BCUT2D eigenvalue weighted by atomic mass is 9.77. The molecular formula is C16H25NO. The van der Waals surface area contributed by atoms with Gasteiger partial charge in [0.05, 0.1) is 6.61 Å². The van der Waals surface area contributed by atoms with Gasteiger partial charge in [0, 0.05) is 17.5 Å². The number of ether oxygens (including phenoxy) is 1. The highest BCUT2D eigenvalue weighted by Gasteiger charge is 2.37. The Morgan fingerprint density at radius 2 is 2.06 bits per heavy atom. The van der Waals surface area contributed by atoms with E-state index in [0.717, 1.165) is 18.9 Å². The Morgan fingerprint density at radius 1 is 1.33 bits per heavy atom. The molecule has 1 N–H and O–H groups in total. The van der Waals surface area contributed by atoms with Crippen LogP contribution in [0, 0.1) is 5.41 Å². The maximum absolute atomic E-state index is 5.83. The van der Waals surface area contributed by atoms with Crippen molar-refractivity contribution in [1.82, 2.24) is 5.32 Å². The Balaban J connectivity index is 2.22. The summed E-state index contributed by atoms with van der Waals surface area (Å²) in [4.78, 5) is 0. The molecule has 1 aromatic carbocycles. The largest absolute Gasteiger partial charge is 0.493 e. The van der Waals surface area contributed by atoms with Gasteiger partial charge in [0.15, 0.2) is 0 Å². The van der Waals surface area contributed by atoms with Crippen molar-refractivity contribution in [1.29, 1.82) is 0 Å². The summed E-state index contributed by atoms with van der Waals surface area (Å²) in [5, 5.41) is 3.71. The molecule has 0 amide bonds. The minimum atomic E-state index is 0.237. The maximum atomic E-state index is 5.83. The minimum Gasteiger partial charge on any atom is -0.493 e. The predicted octanol–water partition coefficient (Wildman–Crippen LogP) is 3.58. The summed E-state index contributed by atoms with van der Waals surface area (Å²) in [6, 6.07) is 8.90. The third-order valence-electron chi connectivity index (χ3n) is 3.69. The number of para-hydroxylation sites is 1. The van der Waals surface area contributed by atoms with E-state index in [0.29, 0.717) is 12.0 Å². The molecule has 0 aliphatic carbocycles. The van der Waals surface area contributed by atoms with Crippen molar-refractivity contribution in [2.45, 2.75) is 46.1 Å². The lowest BCUT2D eigenvalue weighted by Crippen LogP contribution is -2.45. The van der Waals surface area contributed by atoms with Gasteiger partial charge in [-0.1, -0.05) is 45.9 Å². The van der Waals surface area contributed by atoms with E-state index in [1.165, 1.54) is 12.0 Å². The van der Waals surface area contributed by atoms with Crippen LogP contribution >= 0.6 is 0 Å². The Bertz CT molecular complexity index is 394. The van der Waals surface area contributed by atoms with Crippen molar-refractivity contribution in [3.63, 3.8) is 0 Å². The van der Waals surface area contributed by atoms with Crippen LogP contribution in [0.1, 0.15) is 45.6 Å². The molecular weight excluding hydrogens is 222 g/mol. The van der Waals surface area contributed by atoms with Gasteiger partial charge >= 0.3 is 0 Å². The van der Waals surface area contributed by atoms with Crippen molar-refractivity contribution in [2.24, 2.45) is 5.41 Å². The highest BCUT2D eigenvalue weighted by Crippen LogP contribution is 2.40. The third-order valence-corrected chi connectivity index (χ3v) is 3.69. The molecule has 0 aromatic heterocycles. The van der Waals surface area contributed by atoms with E-state index in [2.05, 4.69) is 51.2 Å². The topological polar surface area (TPSA) is 21.3 Å². The van der Waals surface area contributed by atoms with Crippen LogP contribution in [0.2, 0.25) is 0 Å². The molecule has 2 rings (SSSR count). The zero-order chi connectivity index (χ0) is 13.2. The van der Waals surface area contributed by atoms with E-state index < -0.39 is 0 Å². The normalized spacial score (nSPS) is 20.3. The number of hydrogen-bond acceptors (Lipinski definition) is 2. The third kappa shape index (κ3) is 2.69. The first kappa shape index (κ1) is 13.4. The summed E-state index contributed by atoms with van der Waals surface area (Å²) in [6.07, 6.45) is 1.17. The molecule has 1 heterocycles. The molecule has 100 valence electrons. The van der Waals surface area contributed by atoms with Crippen LogP contribution in [0.4, 0.5) is 0 Å². The fourth-order valence-corrected chi connectivity index (χ4v) is 2.82. The van der Waals surface area contributed by atoms with Gasteiger partial charge in [-0.25, -0.2) is 0 Å². The van der Waals surface area contributed by atoms with Gasteiger partial charge in [0.25, 0.3) is 0 Å². The van der Waals surface area contributed by atoms with E-state index in [4.69, 9.17) is 4.74 Å². The first-order chi connectivity index (χ1) is 8.54. The SMILES string of the molecule is CCCNC(C1COc2ccccc21)C(C)(C)C. The summed E-state index contributed by atoms with van der Waals surface area (Å²) in [5.74, 6) is 1.53. The number of benzene rings is 1. The summed E-state index contributed by atoms with van der Waals surface area (Å²) in [7, 11) is 0. The Hall–Kier alpha value is -1.02. The predicted molar refractivity (Wildman–Crippen MR) is 76.2 cm³/mol. The van der Waals surface area contributed by atoms with E-state index in [1.807, 2.05) is 6.07 Å². The standard InChI is InChI=1S/C16H25NO/c1-5-10-17-15(16(2,3)4)13-11-18-14-9-7-6-8-12(13)14/h6-9,13,15,17H,5,10-11H2,1-4H3. The average Bonchev–Trinajstić information content (AvgIpc) is 2.72. The Labute approximate surface area is 111 Å². The van der Waals surface area contributed by atoms with Gasteiger partial charge in [-0.3, -0.25) is 0 Å². The zero-order valence-corrected chi connectivity index (χ0v) is 12.0. The van der Waals surface area contributed by atoms with Crippen LogP contribution in [0.5, 0.6) is 5.75 Å². The van der Waals surface area contributed by atoms with Gasteiger partial charge in [-0.05, 0) is 24.4 Å². The molecule has 1 aliphatic rings. The molecule has 0 saturated carbocycles. The molecule has 2 atom stereocenters. The number of hydrogen-bond donors (Lipinski definition) is 1. The van der Waals surface area contributed by atoms with Crippen molar-refractivity contribution in [2.75, 3.05) is 13.2 Å². The molecule has 18 heavy (non-hydrogen) atoms. The van der Waals surface area contributed by atoms with Crippen LogP contribution in [0.3, 0.4) is 0 Å². The Kier molecular flexibility index (Phi) is 3.96. The quantitative estimate of drug-likeness (QED) is 0.878. The molecule has 2 unspecified atom stereocenters. The molecule has 1 aromatic rings. The zero-order valence-electron chi connectivity index (χ0n) is 12.0. The fraction of sp³-hybridized carbons (Fsp3) is 0.625. The molecule has 0 saturated heterocycles. The molecule has 0 spiro atoms. The second kappa shape index (κ2) is 5.31. The van der Waals surface area contributed by atoms with Gasteiger partial charge in [-0.15, -0.1) is 0 Å². The van der Waals surface area contributed by atoms with Crippen molar-refractivity contribution in [3.05, 3.63) is 29.8 Å². The molecule has 1 aliphatic heterocycles. The van der Waals surface area contributed by atoms with Gasteiger partial charge in [-0.2, -0.15) is 0 Å². The van der Waals surface area contributed by atoms with Crippen LogP contribution in [-0.4, -0.2) is 19.2 Å². The highest BCUT2D eigenvalue weighted by molar-refractivity contribution is 5.40. The lowest BCUT2D eigenvalue weighted by Gasteiger charge is -2.35. The van der Waals surface area contributed by atoms with E-state index in [-0.39, 0.29) is 5.41 Å². The van der Waals surface area contributed by atoms with E-state index in [1.54, 1.807) is 0 Å². The summed E-state index contributed by atoms with van der Waals surface area (Å²) >= 11 is 0. The van der Waals surface area contributed by atoms with E-state index in [9.17, 15) is 0 Å². The van der Waals surface area contributed by atoms with Crippen molar-refractivity contribution in [3.8, 4) is 5.75 Å². The van der Waals surface area contributed by atoms with Gasteiger partial charge in [0.2, 0.25) is 0 Å². The smallest absolute Gasteiger partial charge is 0.122 e. The monoisotopic (exact) mass is 247 g/mol. The fourth-order valence-electron chi connectivity index (χ4n) is 2.82. The highest BCUT2D eigenvalue weighted by atomic mass is 16.5. The van der Waals surface area contributed by atoms with Crippen molar-refractivity contribution < 1.29 is 4.74 Å². The minimum absolute atomic E-state index is 0.237. The Morgan fingerprint density at radius 3 is 2.72 bits per heavy atom. The van der Waals surface area contributed by atoms with Crippen LogP contribution in [0.25, 0.3) is 0 Å². The molecule has 0 radical (unpaired) electrons. The van der Waals surface area contributed by atoms with E-state index >= 15 is 0 Å². The first-order valence-electron chi connectivity index (χ1n) is 6.99. The lowest BCUT2D eigenvalue weighted by molar-refractivity contribution is 0.203. The molecule has 2 nitrogen and oxygen atoms in total. The second-order valence-corrected chi connectivity index (χ2v) is 6.25. The van der Waals surface area contributed by atoms with Crippen LogP contribution < -0.4 is 10.1 Å². The number of rotatable bonds is 4.